The molecule has 1 amide bonds. The SMILES string of the molecule is CCc1nc2n(n1)CC(NC(=NCC(=O)N(C)C)NC1CCOCC1)CC2. The number of hydrogen-bond acceptors (Lipinski definition) is 5. The van der Waals surface area contributed by atoms with Gasteiger partial charge in [-0.3, -0.25) is 4.79 Å². The Morgan fingerprint density at radius 1 is 1.26 bits per heavy atom. The normalized spacial score (nSPS) is 20.9. The van der Waals surface area contributed by atoms with Crippen molar-refractivity contribution < 1.29 is 9.53 Å². The zero-order chi connectivity index (χ0) is 19.2. The lowest BCUT2D eigenvalue weighted by Gasteiger charge is -2.29. The van der Waals surface area contributed by atoms with E-state index in [0.717, 1.165) is 63.5 Å². The molecule has 1 saturated heterocycles. The highest BCUT2D eigenvalue weighted by Crippen LogP contribution is 2.14. The third-order valence-electron chi connectivity index (χ3n) is 4.99. The molecular formula is C18H31N7O2. The number of nitrogens with zero attached hydrogens (tertiary/aromatic N) is 5. The Labute approximate surface area is 160 Å². The first kappa shape index (κ1) is 19.6. The average molecular weight is 377 g/mol. The Morgan fingerprint density at radius 3 is 2.70 bits per heavy atom. The maximum absolute atomic E-state index is 12.0. The van der Waals surface area contributed by atoms with Gasteiger partial charge in [0.15, 0.2) is 11.8 Å². The standard InChI is InChI=1S/C18H31N7O2/c1-4-15-22-16-6-5-14(12-25(16)23-15)21-18(19-11-17(26)24(2)3)20-13-7-9-27-10-8-13/h13-14H,4-12H2,1-3H3,(H2,19,20,21). The molecule has 0 radical (unpaired) electrons. The highest BCUT2D eigenvalue weighted by molar-refractivity contribution is 5.85. The molecule has 3 heterocycles. The summed E-state index contributed by atoms with van der Waals surface area (Å²) in [4.78, 5) is 22.6. The van der Waals surface area contributed by atoms with Crippen LogP contribution in [0, 0.1) is 0 Å². The molecule has 0 aromatic carbocycles. The van der Waals surface area contributed by atoms with Crippen LogP contribution in [0.4, 0.5) is 0 Å². The van der Waals surface area contributed by atoms with Crippen molar-refractivity contribution in [1.29, 1.82) is 0 Å². The monoisotopic (exact) mass is 377 g/mol. The molecule has 3 rings (SSSR count). The Hall–Kier alpha value is -2.16. The lowest BCUT2D eigenvalue weighted by molar-refractivity contribution is -0.127. The Balaban J connectivity index is 1.64. The van der Waals surface area contributed by atoms with Crippen molar-refractivity contribution in [2.24, 2.45) is 4.99 Å². The van der Waals surface area contributed by atoms with E-state index in [1.807, 2.05) is 4.68 Å². The van der Waals surface area contributed by atoms with Crippen LogP contribution in [0.25, 0.3) is 0 Å². The minimum absolute atomic E-state index is 0.0159. The minimum Gasteiger partial charge on any atom is -0.381 e. The quantitative estimate of drug-likeness (QED) is 0.552. The summed E-state index contributed by atoms with van der Waals surface area (Å²) in [5.41, 5.74) is 0. The van der Waals surface area contributed by atoms with Crippen LogP contribution in [0.2, 0.25) is 0 Å². The van der Waals surface area contributed by atoms with Crippen LogP contribution in [0.1, 0.15) is 37.8 Å². The van der Waals surface area contributed by atoms with Crippen LogP contribution in [0.15, 0.2) is 4.99 Å². The van der Waals surface area contributed by atoms with Gasteiger partial charge in [-0.05, 0) is 19.3 Å². The number of carbonyl (C=O) groups is 1. The van der Waals surface area contributed by atoms with Gasteiger partial charge in [0.1, 0.15) is 12.4 Å². The molecular weight excluding hydrogens is 346 g/mol. The van der Waals surface area contributed by atoms with Gasteiger partial charge >= 0.3 is 0 Å². The van der Waals surface area contributed by atoms with Gasteiger partial charge in [-0.1, -0.05) is 6.92 Å². The first-order valence-electron chi connectivity index (χ1n) is 9.83. The molecule has 9 heteroatoms. The van der Waals surface area contributed by atoms with Gasteiger partial charge in [-0.25, -0.2) is 14.7 Å². The Kier molecular flexibility index (Phi) is 6.65. The first-order chi connectivity index (χ1) is 13.0. The molecule has 0 spiro atoms. The molecule has 2 aliphatic heterocycles. The number of aryl methyl sites for hydroxylation is 2. The molecule has 0 bridgehead atoms. The number of carbonyl (C=O) groups excluding carboxylic acids is 1. The molecule has 1 unspecified atom stereocenters. The van der Waals surface area contributed by atoms with E-state index in [1.54, 1.807) is 19.0 Å². The van der Waals surface area contributed by atoms with Crippen LogP contribution in [0.3, 0.4) is 0 Å². The fourth-order valence-electron chi connectivity index (χ4n) is 3.28. The lowest BCUT2D eigenvalue weighted by atomic mass is 10.1. The molecule has 150 valence electrons. The number of amides is 1. The van der Waals surface area contributed by atoms with Crippen molar-refractivity contribution in [3.63, 3.8) is 0 Å². The van der Waals surface area contributed by atoms with Crippen molar-refractivity contribution in [2.75, 3.05) is 33.9 Å². The van der Waals surface area contributed by atoms with Crippen LogP contribution in [0.5, 0.6) is 0 Å². The number of likely N-dealkylation sites (N-methyl/N-ethyl adjacent to an activating group) is 1. The smallest absolute Gasteiger partial charge is 0.243 e. The molecule has 1 atom stereocenters. The average Bonchev–Trinajstić information content (AvgIpc) is 3.09. The maximum Gasteiger partial charge on any atom is 0.243 e. The number of ether oxygens (including phenoxy) is 1. The predicted molar refractivity (Wildman–Crippen MR) is 103 cm³/mol. The molecule has 1 fully saturated rings. The number of nitrogens with one attached hydrogen (secondary N) is 2. The number of guanidine groups is 1. The summed E-state index contributed by atoms with van der Waals surface area (Å²) in [6, 6.07) is 0.529. The van der Waals surface area contributed by atoms with E-state index in [9.17, 15) is 4.79 Å². The van der Waals surface area contributed by atoms with Gasteiger partial charge in [0, 0.05) is 52.2 Å². The predicted octanol–water partition coefficient (Wildman–Crippen LogP) is -0.0423. The van der Waals surface area contributed by atoms with E-state index in [0.29, 0.717) is 12.0 Å². The fraction of sp³-hybridized carbons (Fsp3) is 0.778. The van der Waals surface area contributed by atoms with Gasteiger partial charge in [0.2, 0.25) is 5.91 Å². The zero-order valence-corrected chi connectivity index (χ0v) is 16.6. The van der Waals surface area contributed by atoms with Crippen LogP contribution >= 0.6 is 0 Å². The van der Waals surface area contributed by atoms with E-state index in [-0.39, 0.29) is 18.5 Å². The molecule has 9 nitrogen and oxygen atoms in total. The van der Waals surface area contributed by atoms with E-state index in [1.165, 1.54) is 0 Å². The van der Waals surface area contributed by atoms with Crippen LogP contribution in [-0.4, -0.2) is 77.5 Å². The van der Waals surface area contributed by atoms with Crippen molar-refractivity contribution >= 4 is 11.9 Å². The van der Waals surface area contributed by atoms with Crippen molar-refractivity contribution in [3.05, 3.63) is 11.6 Å². The second-order valence-corrected chi connectivity index (χ2v) is 7.34. The number of fused-ring (bicyclic) bond motifs is 1. The molecule has 27 heavy (non-hydrogen) atoms. The van der Waals surface area contributed by atoms with Gasteiger partial charge in [-0.15, -0.1) is 0 Å². The second kappa shape index (κ2) is 9.16. The van der Waals surface area contributed by atoms with Gasteiger partial charge in [0.25, 0.3) is 0 Å². The number of hydrogen-bond donors (Lipinski definition) is 2. The maximum atomic E-state index is 12.0. The highest BCUT2D eigenvalue weighted by atomic mass is 16.5. The van der Waals surface area contributed by atoms with E-state index < -0.39 is 0 Å². The number of rotatable bonds is 5. The largest absolute Gasteiger partial charge is 0.381 e. The van der Waals surface area contributed by atoms with Gasteiger partial charge < -0.3 is 20.3 Å². The Morgan fingerprint density at radius 2 is 2.00 bits per heavy atom. The first-order valence-corrected chi connectivity index (χ1v) is 9.83. The molecule has 1 aromatic rings. The van der Waals surface area contributed by atoms with Gasteiger partial charge in [0.05, 0.1) is 6.54 Å². The van der Waals surface area contributed by atoms with Crippen LogP contribution in [-0.2, 0) is 28.9 Å². The van der Waals surface area contributed by atoms with Crippen molar-refractivity contribution in [2.45, 2.75) is 57.7 Å². The molecule has 0 saturated carbocycles. The summed E-state index contributed by atoms with van der Waals surface area (Å²) in [7, 11) is 3.49. The summed E-state index contributed by atoms with van der Waals surface area (Å²) in [5, 5.41) is 11.6. The van der Waals surface area contributed by atoms with E-state index in [2.05, 4.69) is 32.6 Å². The highest BCUT2D eigenvalue weighted by Gasteiger charge is 2.23. The molecule has 2 aliphatic rings. The van der Waals surface area contributed by atoms with Crippen LogP contribution < -0.4 is 10.6 Å². The second-order valence-electron chi connectivity index (χ2n) is 7.34. The summed E-state index contributed by atoms with van der Waals surface area (Å²) >= 11 is 0. The van der Waals surface area contributed by atoms with Crippen molar-refractivity contribution in [3.8, 4) is 0 Å². The fourth-order valence-corrected chi connectivity index (χ4v) is 3.28. The summed E-state index contributed by atoms with van der Waals surface area (Å²) in [6.45, 7) is 4.48. The molecule has 1 aromatic heterocycles. The number of aliphatic imine (C=N–C) groups is 1. The molecule has 2 N–H and O–H groups in total. The molecule has 0 aliphatic carbocycles. The Bertz CT molecular complexity index is 665. The third kappa shape index (κ3) is 5.41. The van der Waals surface area contributed by atoms with Gasteiger partial charge in [-0.2, -0.15) is 5.10 Å². The van der Waals surface area contributed by atoms with E-state index >= 15 is 0 Å². The summed E-state index contributed by atoms with van der Waals surface area (Å²) in [5.74, 6) is 2.64. The topological polar surface area (TPSA) is 96.7 Å². The lowest BCUT2D eigenvalue weighted by Crippen LogP contribution is -2.51. The third-order valence-corrected chi connectivity index (χ3v) is 4.99. The summed E-state index contributed by atoms with van der Waals surface area (Å²) in [6.07, 6.45) is 4.60. The van der Waals surface area contributed by atoms with E-state index in [4.69, 9.17) is 4.74 Å². The minimum atomic E-state index is -0.0159. The number of aromatic nitrogens is 3. The summed E-state index contributed by atoms with van der Waals surface area (Å²) < 4.78 is 7.43. The van der Waals surface area contributed by atoms with Crippen molar-refractivity contribution in [1.82, 2.24) is 30.3 Å². The zero-order valence-electron chi connectivity index (χ0n) is 16.6.